The second-order valence-corrected chi connectivity index (χ2v) is 6.76. The van der Waals surface area contributed by atoms with Crippen LogP contribution in [0.4, 0.5) is 11.4 Å². The Bertz CT molecular complexity index is 971. The third kappa shape index (κ3) is 3.64. The lowest BCUT2D eigenvalue weighted by Crippen LogP contribution is -2.35. The van der Waals surface area contributed by atoms with Gasteiger partial charge in [-0.2, -0.15) is 0 Å². The molecule has 1 atom stereocenters. The summed E-state index contributed by atoms with van der Waals surface area (Å²) < 4.78 is 0. The molecule has 0 spiro atoms. The van der Waals surface area contributed by atoms with E-state index in [9.17, 15) is 29.4 Å². The van der Waals surface area contributed by atoms with Gasteiger partial charge in [0.05, 0.1) is 39.0 Å². The molecule has 3 N–H and O–H groups in total. The van der Waals surface area contributed by atoms with Gasteiger partial charge in [-0.3, -0.25) is 9.59 Å². The summed E-state index contributed by atoms with van der Waals surface area (Å²) in [6, 6.07) is 6.82. The highest BCUT2D eigenvalue weighted by atomic mass is 35.5. The van der Waals surface area contributed by atoms with Gasteiger partial charge in [0, 0.05) is 0 Å². The molecule has 28 heavy (non-hydrogen) atoms. The van der Waals surface area contributed by atoms with Crippen LogP contribution in [0.15, 0.2) is 36.4 Å². The number of carbonyl (C=O) groups is 4. The highest BCUT2D eigenvalue weighted by Crippen LogP contribution is 2.33. The van der Waals surface area contributed by atoms with E-state index in [2.05, 4.69) is 5.32 Å². The molecule has 10 heteroatoms. The molecule has 1 aliphatic heterocycles. The number of para-hydroxylation sites is 1. The Kier molecular flexibility index (Phi) is 5.26. The van der Waals surface area contributed by atoms with Crippen molar-refractivity contribution in [2.75, 3.05) is 10.2 Å². The van der Waals surface area contributed by atoms with Crippen LogP contribution < -0.4 is 10.2 Å². The quantitative estimate of drug-likeness (QED) is 0.632. The first kappa shape index (κ1) is 19.7. The zero-order chi connectivity index (χ0) is 20.6. The summed E-state index contributed by atoms with van der Waals surface area (Å²) in [5.74, 6) is -4.08. The van der Waals surface area contributed by atoms with Crippen LogP contribution in [-0.2, 0) is 9.59 Å². The van der Waals surface area contributed by atoms with Crippen molar-refractivity contribution in [3.8, 4) is 0 Å². The summed E-state index contributed by atoms with van der Waals surface area (Å²) in [4.78, 5) is 48.5. The van der Waals surface area contributed by atoms with E-state index < -0.39 is 29.8 Å². The van der Waals surface area contributed by atoms with E-state index in [4.69, 9.17) is 23.2 Å². The molecule has 0 saturated carbocycles. The third-order valence-corrected chi connectivity index (χ3v) is 4.73. The molecular weight excluding hydrogens is 411 g/mol. The molecular formula is C18H12Cl2N2O6. The molecule has 144 valence electrons. The molecule has 3 rings (SSSR count). The van der Waals surface area contributed by atoms with Crippen molar-refractivity contribution in [2.45, 2.75) is 12.5 Å². The van der Waals surface area contributed by atoms with Crippen molar-refractivity contribution in [1.82, 2.24) is 0 Å². The predicted molar refractivity (Wildman–Crippen MR) is 101 cm³/mol. The molecule has 0 radical (unpaired) electrons. The zero-order valence-electron chi connectivity index (χ0n) is 14.0. The van der Waals surface area contributed by atoms with E-state index >= 15 is 0 Å². The van der Waals surface area contributed by atoms with Gasteiger partial charge in [0.1, 0.15) is 6.04 Å². The number of carboxylic acid groups (broad SMARTS) is 2. The van der Waals surface area contributed by atoms with Crippen molar-refractivity contribution >= 4 is 58.3 Å². The van der Waals surface area contributed by atoms with Crippen molar-refractivity contribution < 1.29 is 29.4 Å². The van der Waals surface area contributed by atoms with Gasteiger partial charge in [0.25, 0.3) is 5.91 Å². The number of hydrogen-bond donors (Lipinski definition) is 3. The number of rotatable bonds is 5. The number of halogens is 2. The summed E-state index contributed by atoms with van der Waals surface area (Å²) in [6.45, 7) is 0. The SMILES string of the molecule is O=C(O)c1cc(C(=O)O)cc(N2C(=O)CC(Nc3c(Cl)cccc3Cl)C2=O)c1. The molecule has 2 amide bonds. The van der Waals surface area contributed by atoms with E-state index in [1.807, 2.05) is 0 Å². The third-order valence-electron chi connectivity index (χ3n) is 4.10. The standard InChI is InChI=1S/C18H12Cl2N2O6/c19-11-2-1-3-12(20)15(11)21-13-7-14(23)22(16(13)24)10-5-8(17(25)26)4-9(6-10)18(27)28/h1-6,13,21H,7H2,(H,25,26)(H,27,28). The molecule has 0 aromatic heterocycles. The predicted octanol–water partition coefficient (Wildman–Crippen LogP) is 3.13. The van der Waals surface area contributed by atoms with Crippen molar-refractivity contribution in [2.24, 2.45) is 0 Å². The Morgan fingerprint density at radius 3 is 2.04 bits per heavy atom. The fraction of sp³-hybridized carbons (Fsp3) is 0.111. The summed E-state index contributed by atoms with van der Waals surface area (Å²) in [6.07, 6.45) is -0.236. The average molecular weight is 423 g/mol. The first-order chi connectivity index (χ1) is 13.2. The second-order valence-electron chi connectivity index (χ2n) is 5.94. The molecule has 1 unspecified atom stereocenters. The zero-order valence-corrected chi connectivity index (χ0v) is 15.5. The van der Waals surface area contributed by atoms with Crippen molar-refractivity contribution in [3.63, 3.8) is 0 Å². The second kappa shape index (κ2) is 7.49. The van der Waals surface area contributed by atoms with Crippen LogP contribution in [0.5, 0.6) is 0 Å². The summed E-state index contributed by atoms with van der Waals surface area (Å²) >= 11 is 12.1. The minimum absolute atomic E-state index is 0.137. The van der Waals surface area contributed by atoms with Crippen molar-refractivity contribution in [1.29, 1.82) is 0 Å². The maximum atomic E-state index is 12.8. The van der Waals surface area contributed by atoms with Crippen LogP contribution in [0.3, 0.4) is 0 Å². The number of imide groups is 1. The van der Waals surface area contributed by atoms with Gasteiger partial charge >= 0.3 is 11.9 Å². The minimum atomic E-state index is -1.39. The first-order valence-corrected chi connectivity index (χ1v) is 8.63. The van der Waals surface area contributed by atoms with Crippen LogP contribution in [0.1, 0.15) is 27.1 Å². The summed E-state index contributed by atoms with van der Waals surface area (Å²) in [5.41, 5.74) is -0.576. The number of benzene rings is 2. The average Bonchev–Trinajstić information content (AvgIpc) is 2.91. The maximum Gasteiger partial charge on any atom is 0.335 e. The summed E-state index contributed by atoms with van der Waals surface area (Å²) in [7, 11) is 0. The lowest BCUT2D eigenvalue weighted by Gasteiger charge is -2.18. The number of nitrogens with one attached hydrogen (secondary N) is 1. The molecule has 0 bridgehead atoms. The Labute approximate surface area is 168 Å². The number of nitrogens with zero attached hydrogens (tertiary/aromatic N) is 1. The molecule has 2 aromatic carbocycles. The fourth-order valence-corrected chi connectivity index (χ4v) is 3.32. The Hall–Kier alpha value is -3.10. The van der Waals surface area contributed by atoms with Gasteiger partial charge in [0.15, 0.2) is 0 Å². The van der Waals surface area contributed by atoms with E-state index in [-0.39, 0.29) is 39.0 Å². The van der Waals surface area contributed by atoms with Gasteiger partial charge in [-0.1, -0.05) is 29.3 Å². The molecule has 1 saturated heterocycles. The largest absolute Gasteiger partial charge is 0.478 e. The van der Waals surface area contributed by atoms with Gasteiger partial charge in [-0.05, 0) is 30.3 Å². The Balaban J connectivity index is 1.96. The van der Waals surface area contributed by atoms with Gasteiger partial charge in [-0.15, -0.1) is 0 Å². The number of aromatic carboxylic acids is 2. The van der Waals surface area contributed by atoms with Gasteiger partial charge in [0.2, 0.25) is 5.91 Å². The monoisotopic (exact) mass is 422 g/mol. The molecule has 1 heterocycles. The smallest absolute Gasteiger partial charge is 0.335 e. The van der Waals surface area contributed by atoms with E-state index in [0.29, 0.717) is 0 Å². The molecule has 2 aromatic rings. The van der Waals surface area contributed by atoms with E-state index in [0.717, 1.165) is 23.1 Å². The van der Waals surface area contributed by atoms with Crippen molar-refractivity contribution in [3.05, 3.63) is 57.6 Å². The normalized spacial score (nSPS) is 16.4. The van der Waals surface area contributed by atoms with E-state index in [1.165, 1.54) is 0 Å². The lowest BCUT2D eigenvalue weighted by atomic mass is 10.1. The summed E-state index contributed by atoms with van der Waals surface area (Å²) in [5, 5.41) is 21.7. The van der Waals surface area contributed by atoms with Gasteiger partial charge < -0.3 is 15.5 Å². The molecule has 0 aliphatic carbocycles. The minimum Gasteiger partial charge on any atom is -0.478 e. The molecule has 1 fully saturated rings. The number of amides is 2. The molecule has 8 nitrogen and oxygen atoms in total. The Morgan fingerprint density at radius 1 is 1.00 bits per heavy atom. The highest BCUT2D eigenvalue weighted by Gasteiger charge is 2.40. The van der Waals surface area contributed by atoms with Crippen LogP contribution in [0.2, 0.25) is 10.0 Å². The number of anilines is 2. The number of hydrogen-bond acceptors (Lipinski definition) is 5. The van der Waals surface area contributed by atoms with Gasteiger partial charge in [-0.25, -0.2) is 14.5 Å². The first-order valence-electron chi connectivity index (χ1n) is 7.88. The van der Waals surface area contributed by atoms with Crippen LogP contribution >= 0.6 is 23.2 Å². The lowest BCUT2D eigenvalue weighted by molar-refractivity contribution is -0.121. The number of carbonyl (C=O) groups excluding carboxylic acids is 2. The number of carboxylic acids is 2. The van der Waals surface area contributed by atoms with E-state index in [1.54, 1.807) is 18.2 Å². The van der Waals surface area contributed by atoms with Crippen LogP contribution in [0, 0.1) is 0 Å². The topological polar surface area (TPSA) is 124 Å². The molecule has 1 aliphatic rings. The Morgan fingerprint density at radius 2 is 1.54 bits per heavy atom. The maximum absolute atomic E-state index is 12.8. The van der Waals surface area contributed by atoms with Crippen LogP contribution in [-0.4, -0.2) is 40.0 Å². The fourth-order valence-electron chi connectivity index (χ4n) is 2.81. The van der Waals surface area contributed by atoms with Crippen LogP contribution in [0.25, 0.3) is 0 Å². The highest BCUT2D eigenvalue weighted by molar-refractivity contribution is 6.39.